The zero-order valence-corrected chi connectivity index (χ0v) is 13.3. The molecule has 0 aromatic heterocycles. The fourth-order valence-electron chi connectivity index (χ4n) is 1.71. The molecule has 0 amide bonds. The maximum Gasteiger partial charge on any atom is 0.161 e. The summed E-state index contributed by atoms with van der Waals surface area (Å²) in [7, 11) is 1.65. The number of nitrogens with one attached hydrogen (secondary N) is 1. The number of hydrogen-bond acceptors (Lipinski definition) is 4. The van der Waals surface area contributed by atoms with E-state index in [4.69, 9.17) is 14.2 Å². The van der Waals surface area contributed by atoms with Crippen molar-refractivity contribution in [1.82, 2.24) is 5.32 Å². The van der Waals surface area contributed by atoms with Crippen molar-refractivity contribution in [2.45, 2.75) is 39.8 Å². The van der Waals surface area contributed by atoms with Gasteiger partial charge >= 0.3 is 0 Å². The molecule has 20 heavy (non-hydrogen) atoms. The Bertz CT molecular complexity index is 399. The van der Waals surface area contributed by atoms with Crippen molar-refractivity contribution >= 4 is 0 Å². The average Bonchev–Trinajstić information content (AvgIpc) is 2.40. The summed E-state index contributed by atoms with van der Waals surface area (Å²) < 4.78 is 16.7. The Labute approximate surface area is 122 Å². The molecule has 0 spiro atoms. The molecule has 4 nitrogen and oxygen atoms in total. The van der Waals surface area contributed by atoms with E-state index in [0.717, 1.165) is 24.6 Å². The Morgan fingerprint density at radius 1 is 1.10 bits per heavy atom. The van der Waals surface area contributed by atoms with Gasteiger partial charge in [-0.3, -0.25) is 0 Å². The quantitative estimate of drug-likeness (QED) is 0.744. The molecule has 0 aliphatic heterocycles. The minimum absolute atomic E-state index is 0.139. The summed E-state index contributed by atoms with van der Waals surface area (Å²) in [4.78, 5) is 0. The molecule has 1 aromatic carbocycles. The molecule has 0 saturated heterocycles. The minimum Gasteiger partial charge on any atom is -0.493 e. The van der Waals surface area contributed by atoms with Crippen LogP contribution < -0.4 is 14.8 Å². The van der Waals surface area contributed by atoms with Gasteiger partial charge in [0.25, 0.3) is 0 Å². The molecule has 0 aliphatic carbocycles. The zero-order chi connectivity index (χ0) is 15.0. The largest absolute Gasteiger partial charge is 0.493 e. The standard InChI is InChI=1S/C16H27NO3/c1-6-17-12-13-7-8-14(18-5)15(11-13)19-9-10-20-16(2,3)4/h7-8,11,17H,6,9-10,12H2,1-5H3. The number of rotatable bonds is 8. The smallest absolute Gasteiger partial charge is 0.161 e. The first kappa shape index (κ1) is 16.8. The van der Waals surface area contributed by atoms with Gasteiger partial charge in [-0.05, 0) is 45.0 Å². The van der Waals surface area contributed by atoms with Gasteiger partial charge in [0.05, 0.1) is 19.3 Å². The lowest BCUT2D eigenvalue weighted by molar-refractivity contribution is -0.0165. The monoisotopic (exact) mass is 281 g/mol. The van der Waals surface area contributed by atoms with Crippen LogP contribution in [-0.2, 0) is 11.3 Å². The van der Waals surface area contributed by atoms with Crippen molar-refractivity contribution in [3.05, 3.63) is 23.8 Å². The molecule has 1 aromatic rings. The Morgan fingerprint density at radius 2 is 1.85 bits per heavy atom. The van der Waals surface area contributed by atoms with E-state index in [-0.39, 0.29) is 5.60 Å². The molecule has 0 saturated carbocycles. The van der Waals surface area contributed by atoms with Crippen molar-refractivity contribution in [2.75, 3.05) is 26.9 Å². The van der Waals surface area contributed by atoms with Gasteiger partial charge in [0.2, 0.25) is 0 Å². The lowest BCUT2D eigenvalue weighted by Crippen LogP contribution is -2.22. The SMILES string of the molecule is CCNCc1ccc(OC)c(OCCOC(C)(C)C)c1. The van der Waals surface area contributed by atoms with E-state index < -0.39 is 0 Å². The predicted octanol–water partition coefficient (Wildman–Crippen LogP) is 3.00. The normalized spacial score (nSPS) is 11.4. The van der Waals surface area contributed by atoms with Gasteiger partial charge in [-0.1, -0.05) is 13.0 Å². The number of ether oxygens (including phenoxy) is 3. The molecule has 0 unspecified atom stereocenters. The summed E-state index contributed by atoms with van der Waals surface area (Å²) in [6.45, 7) is 11.0. The second kappa shape index (κ2) is 8.12. The molecule has 4 heteroatoms. The first-order valence-electron chi connectivity index (χ1n) is 7.10. The van der Waals surface area contributed by atoms with E-state index in [2.05, 4.69) is 12.2 Å². The highest BCUT2D eigenvalue weighted by Crippen LogP contribution is 2.28. The van der Waals surface area contributed by atoms with Crippen LogP contribution in [0, 0.1) is 0 Å². The first-order chi connectivity index (χ1) is 9.46. The second-order valence-corrected chi connectivity index (χ2v) is 5.57. The fraction of sp³-hybridized carbons (Fsp3) is 0.625. The Morgan fingerprint density at radius 3 is 2.45 bits per heavy atom. The third-order valence-corrected chi connectivity index (χ3v) is 2.68. The summed E-state index contributed by atoms with van der Waals surface area (Å²) in [5.41, 5.74) is 1.04. The lowest BCUT2D eigenvalue weighted by atomic mass is 10.2. The van der Waals surface area contributed by atoms with E-state index in [0.29, 0.717) is 13.2 Å². The molecule has 1 N–H and O–H groups in total. The van der Waals surface area contributed by atoms with Gasteiger partial charge in [0.15, 0.2) is 11.5 Å². The molecule has 0 aliphatic rings. The minimum atomic E-state index is -0.139. The van der Waals surface area contributed by atoms with Crippen molar-refractivity contribution in [1.29, 1.82) is 0 Å². The van der Waals surface area contributed by atoms with Crippen LogP contribution in [0.2, 0.25) is 0 Å². The van der Waals surface area contributed by atoms with Crippen LogP contribution in [0.1, 0.15) is 33.3 Å². The summed E-state index contributed by atoms with van der Waals surface area (Å²) in [5, 5.41) is 3.30. The zero-order valence-electron chi connectivity index (χ0n) is 13.3. The highest BCUT2D eigenvalue weighted by Gasteiger charge is 2.10. The van der Waals surface area contributed by atoms with E-state index in [1.807, 2.05) is 39.0 Å². The second-order valence-electron chi connectivity index (χ2n) is 5.57. The van der Waals surface area contributed by atoms with Crippen LogP contribution in [0.5, 0.6) is 11.5 Å². The third kappa shape index (κ3) is 6.26. The molecule has 1 rings (SSSR count). The molecule has 0 atom stereocenters. The van der Waals surface area contributed by atoms with Crippen LogP contribution in [0.4, 0.5) is 0 Å². The summed E-state index contributed by atoms with van der Waals surface area (Å²) in [6.07, 6.45) is 0. The first-order valence-corrected chi connectivity index (χ1v) is 7.10. The Hall–Kier alpha value is -1.26. The molecule has 0 fully saturated rings. The van der Waals surface area contributed by atoms with Crippen LogP contribution in [-0.4, -0.2) is 32.5 Å². The number of benzene rings is 1. The lowest BCUT2D eigenvalue weighted by Gasteiger charge is -2.20. The molecule has 0 heterocycles. The van der Waals surface area contributed by atoms with Gasteiger partial charge in [-0.25, -0.2) is 0 Å². The van der Waals surface area contributed by atoms with Crippen molar-refractivity contribution < 1.29 is 14.2 Å². The third-order valence-electron chi connectivity index (χ3n) is 2.68. The summed E-state index contributed by atoms with van der Waals surface area (Å²) in [6, 6.07) is 5.99. The van der Waals surface area contributed by atoms with Crippen molar-refractivity contribution in [3.8, 4) is 11.5 Å². The topological polar surface area (TPSA) is 39.7 Å². The molecular formula is C16H27NO3. The molecule has 0 radical (unpaired) electrons. The maximum absolute atomic E-state index is 5.77. The summed E-state index contributed by atoms with van der Waals surface area (Å²) in [5.74, 6) is 1.52. The Balaban J connectivity index is 2.57. The van der Waals surface area contributed by atoms with Crippen molar-refractivity contribution in [3.63, 3.8) is 0 Å². The highest BCUT2D eigenvalue weighted by atomic mass is 16.5. The van der Waals surface area contributed by atoms with Crippen LogP contribution in [0.15, 0.2) is 18.2 Å². The van der Waals surface area contributed by atoms with Gasteiger partial charge in [-0.15, -0.1) is 0 Å². The van der Waals surface area contributed by atoms with Gasteiger partial charge in [-0.2, -0.15) is 0 Å². The maximum atomic E-state index is 5.77. The predicted molar refractivity (Wildman–Crippen MR) is 81.6 cm³/mol. The molecule has 114 valence electrons. The molecule has 0 bridgehead atoms. The number of hydrogen-bond donors (Lipinski definition) is 1. The van der Waals surface area contributed by atoms with E-state index in [1.165, 1.54) is 5.56 Å². The van der Waals surface area contributed by atoms with Gasteiger partial charge in [0, 0.05) is 6.54 Å². The van der Waals surface area contributed by atoms with Crippen molar-refractivity contribution in [2.24, 2.45) is 0 Å². The summed E-state index contributed by atoms with van der Waals surface area (Å²) >= 11 is 0. The van der Waals surface area contributed by atoms with Crippen LogP contribution in [0.3, 0.4) is 0 Å². The Kier molecular flexibility index (Phi) is 6.82. The van der Waals surface area contributed by atoms with Gasteiger partial charge in [0.1, 0.15) is 6.61 Å². The average molecular weight is 281 g/mol. The van der Waals surface area contributed by atoms with Gasteiger partial charge < -0.3 is 19.5 Å². The van der Waals surface area contributed by atoms with Crippen LogP contribution in [0.25, 0.3) is 0 Å². The van der Waals surface area contributed by atoms with E-state index in [1.54, 1.807) is 7.11 Å². The van der Waals surface area contributed by atoms with E-state index in [9.17, 15) is 0 Å². The highest BCUT2D eigenvalue weighted by molar-refractivity contribution is 5.42. The van der Waals surface area contributed by atoms with Crippen LogP contribution >= 0.6 is 0 Å². The number of methoxy groups -OCH3 is 1. The fourth-order valence-corrected chi connectivity index (χ4v) is 1.71. The van der Waals surface area contributed by atoms with E-state index >= 15 is 0 Å². The molecular weight excluding hydrogens is 254 g/mol.